The molecule has 0 radical (unpaired) electrons. The lowest BCUT2D eigenvalue weighted by atomic mass is 9.96. The lowest BCUT2D eigenvalue weighted by molar-refractivity contribution is -0.152. The van der Waals surface area contributed by atoms with Crippen LogP contribution in [0.4, 0.5) is 0 Å². The molecular formula is C10H14N4O2. The molecule has 86 valence electrons. The van der Waals surface area contributed by atoms with E-state index in [1.165, 1.54) is 11.2 Å². The highest BCUT2D eigenvalue weighted by Gasteiger charge is 2.35. The first kappa shape index (κ1) is 10.8. The third kappa shape index (κ3) is 1.82. The number of amides is 2. The first-order valence-electron chi connectivity index (χ1n) is 5.29. The molecule has 0 spiro atoms. The molecule has 1 atom stereocenters. The summed E-state index contributed by atoms with van der Waals surface area (Å²) in [6, 6.07) is -0.366. The fourth-order valence-electron chi connectivity index (χ4n) is 1.97. The molecule has 1 unspecified atom stereocenters. The Labute approximate surface area is 93.0 Å². The van der Waals surface area contributed by atoms with Gasteiger partial charge in [0.05, 0.1) is 6.04 Å². The summed E-state index contributed by atoms with van der Waals surface area (Å²) in [7, 11) is 0. The molecule has 0 aromatic carbocycles. The molecule has 2 amide bonds. The van der Waals surface area contributed by atoms with Crippen LogP contribution in [0.1, 0.15) is 38.6 Å². The van der Waals surface area contributed by atoms with E-state index in [0.29, 0.717) is 18.7 Å². The second kappa shape index (κ2) is 4.03. The maximum absolute atomic E-state index is 11.8. The van der Waals surface area contributed by atoms with Gasteiger partial charge in [-0.3, -0.25) is 19.6 Å². The highest BCUT2D eigenvalue weighted by atomic mass is 16.2. The number of carbonyl (C=O) groups excluding carboxylic acids is 2. The number of carbonyl (C=O) groups is 2. The molecule has 0 saturated carbocycles. The molecule has 6 nitrogen and oxygen atoms in total. The number of hydrogen-bond acceptors (Lipinski definition) is 4. The second-order valence-electron chi connectivity index (χ2n) is 4.22. The van der Waals surface area contributed by atoms with Crippen molar-refractivity contribution < 1.29 is 9.59 Å². The Morgan fingerprint density at radius 1 is 1.44 bits per heavy atom. The third-order valence-electron chi connectivity index (χ3n) is 2.80. The number of nitrogens with one attached hydrogen (secondary N) is 1. The molecule has 16 heavy (non-hydrogen) atoms. The predicted molar refractivity (Wildman–Crippen MR) is 55.0 cm³/mol. The van der Waals surface area contributed by atoms with Crippen LogP contribution in [0.15, 0.2) is 6.33 Å². The van der Waals surface area contributed by atoms with Crippen LogP contribution in [-0.2, 0) is 9.59 Å². The molecule has 1 aromatic heterocycles. The quantitative estimate of drug-likeness (QED) is 0.745. The van der Waals surface area contributed by atoms with Crippen LogP contribution in [0.3, 0.4) is 0 Å². The van der Waals surface area contributed by atoms with E-state index in [1.54, 1.807) is 6.92 Å². The number of nitrogens with zero attached hydrogens (tertiary/aromatic N) is 3. The van der Waals surface area contributed by atoms with Crippen molar-refractivity contribution in [1.29, 1.82) is 0 Å². The Hall–Kier alpha value is -1.72. The third-order valence-corrected chi connectivity index (χ3v) is 2.80. The normalized spacial score (nSPS) is 20.2. The Kier molecular flexibility index (Phi) is 2.72. The summed E-state index contributed by atoms with van der Waals surface area (Å²) < 4.78 is 0. The van der Waals surface area contributed by atoms with Crippen molar-refractivity contribution in [3.05, 3.63) is 12.2 Å². The molecule has 1 fully saturated rings. The highest BCUT2D eigenvalue weighted by Crippen LogP contribution is 2.26. The summed E-state index contributed by atoms with van der Waals surface area (Å²) in [5.41, 5.74) is 0. The first-order chi connectivity index (χ1) is 7.59. The van der Waals surface area contributed by atoms with Crippen molar-refractivity contribution in [3.8, 4) is 0 Å². The van der Waals surface area contributed by atoms with Gasteiger partial charge in [0.2, 0.25) is 11.8 Å². The fraction of sp³-hybridized carbons (Fsp3) is 0.600. The summed E-state index contributed by atoms with van der Waals surface area (Å²) in [6.07, 6.45) is 2.21. The number of aromatic nitrogens is 3. The summed E-state index contributed by atoms with van der Waals surface area (Å²) in [4.78, 5) is 28.8. The number of aromatic amines is 1. The lowest BCUT2D eigenvalue weighted by Gasteiger charge is -2.31. The topological polar surface area (TPSA) is 79.0 Å². The van der Waals surface area contributed by atoms with Crippen LogP contribution in [0.25, 0.3) is 0 Å². The Bertz CT molecular complexity index is 383. The molecule has 1 N–H and O–H groups in total. The number of rotatable bonds is 2. The van der Waals surface area contributed by atoms with Crippen LogP contribution in [-0.4, -0.2) is 31.9 Å². The molecule has 2 heterocycles. The van der Waals surface area contributed by atoms with E-state index in [1.807, 2.05) is 6.92 Å². The molecule has 1 aromatic rings. The zero-order valence-electron chi connectivity index (χ0n) is 9.30. The van der Waals surface area contributed by atoms with Crippen LogP contribution in [0.2, 0.25) is 0 Å². The van der Waals surface area contributed by atoms with Gasteiger partial charge in [-0.1, -0.05) is 6.92 Å². The lowest BCUT2D eigenvalue weighted by Crippen LogP contribution is -2.44. The largest absolute Gasteiger partial charge is 0.274 e. The van der Waals surface area contributed by atoms with Gasteiger partial charge in [-0.25, -0.2) is 4.98 Å². The van der Waals surface area contributed by atoms with E-state index < -0.39 is 0 Å². The number of H-pyrrole nitrogens is 1. The maximum Gasteiger partial charge on any atom is 0.230 e. The second-order valence-corrected chi connectivity index (χ2v) is 4.22. The number of likely N-dealkylation sites (tertiary alicyclic amines) is 1. The maximum atomic E-state index is 11.8. The zero-order valence-corrected chi connectivity index (χ0v) is 9.30. The van der Waals surface area contributed by atoms with Crippen molar-refractivity contribution in [2.75, 3.05) is 0 Å². The van der Waals surface area contributed by atoms with Crippen molar-refractivity contribution >= 4 is 11.8 Å². The highest BCUT2D eigenvalue weighted by molar-refractivity contribution is 5.98. The molecule has 0 aliphatic carbocycles. The van der Waals surface area contributed by atoms with Gasteiger partial charge >= 0.3 is 0 Å². The van der Waals surface area contributed by atoms with Gasteiger partial charge in [0.1, 0.15) is 12.2 Å². The van der Waals surface area contributed by atoms with E-state index >= 15 is 0 Å². The Balaban J connectivity index is 2.20. The Morgan fingerprint density at radius 2 is 2.06 bits per heavy atom. The van der Waals surface area contributed by atoms with Crippen LogP contribution in [0, 0.1) is 5.92 Å². The van der Waals surface area contributed by atoms with E-state index in [0.717, 1.165) is 0 Å². The van der Waals surface area contributed by atoms with E-state index in [-0.39, 0.29) is 23.8 Å². The zero-order chi connectivity index (χ0) is 11.7. The van der Waals surface area contributed by atoms with E-state index in [4.69, 9.17) is 0 Å². The molecule has 1 aliphatic rings. The summed E-state index contributed by atoms with van der Waals surface area (Å²) >= 11 is 0. The predicted octanol–water partition coefficient (Wildman–Crippen LogP) is 0.651. The monoisotopic (exact) mass is 222 g/mol. The molecule has 0 bridgehead atoms. The van der Waals surface area contributed by atoms with Crippen LogP contribution >= 0.6 is 0 Å². The summed E-state index contributed by atoms with van der Waals surface area (Å²) in [5.74, 6) is 0.412. The van der Waals surface area contributed by atoms with Crippen LogP contribution < -0.4 is 0 Å². The van der Waals surface area contributed by atoms with Crippen molar-refractivity contribution in [3.63, 3.8) is 0 Å². The molecule has 2 rings (SSSR count). The van der Waals surface area contributed by atoms with Gasteiger partial charge in [0.15, 0.2) is 0 Å². The average molecular weight is 222 g/mol. The minimum Gasteiger partial charge on any atom is -0.274 e. The van der Waals surface area contributed by atoms with Crippen LogP contribution in [0.5, 0.6) is 0 Å². The minimum atomic E-state index is -0.366. The first-order valence-corrected chi connectivity index (χ1v) is 5.29. The average Bonchev–Trinajstić information content (AvgIpc) is 2.67. The van der Waals surface area contributed by atoms with Gasteiger partial charge in [0.25, 0.3) is 0 Å². The SMILES string of the molecule is CC1CC(=O)N(C(C)c2ncn[nH]2)C(=O)C1. The number of piperidine rings is 1. The Morgan fingerprint density at radius 3 is 2.56 bits per heavy atom. The van der Waals surface area contributed by atoms with Gasteiger partial charge < -0.3 is 0 Å². The van der Waals surface area contributed by atoms with Gasteiger partial charge in [-0.2, -0.15) is 5.10 Å². The summed E-state index contributed by atoms with van der Waals surface area (Å²) in [5, 5.41) is 6.40. The number of hydrogen-bond donors (Lipinski definition) is 1. The molecule has 1 aliphatic heterocycles. The van der Waals surface area contributed by atoms with Crippen molar-refractivity contribution in [1.82, 2.24) is 20.1 Å². The van der Waals surface area contributed by atoms with Gasteiger partial charge in [0, 0.05) is 12.8 Å². The number of imide groups is 1. The molecule has 1 saturated heterocycles. The van der Waals surface area contributed by atoms with E-state index in [9.17, 15) is 9.59 Å². The minimum absolute atomic E-state index is 0.132. The standard InChI is InChI=1S/C10H14N4O2/c1-6-3-8(15)14(9(16)4-6)7(2)10-11-5-12-13-10/h5-7H,3-4H2,1-2H3,(H,11,12,13). The summed E-state index contributed by atoms with van der Waals surface area (Å²) in [6.45, 7) is 3.68. The van der Waals surface area contributed by atoms with Gasteiger partial charge in [-0.15, -0.1) is 0 Å². The smallest absolute Gasteiger partial charge is 0.230 e. The molecule has 6 heteroatoms. The van der Waals surface area contributed by atoms with Crippen molar-refractivity contribution in [2.24, 2.45) is 5.92 Å². The van der Waals surface area contributed by atoms with Gasteiger partial charge in [-0.05, 0) is 12.8 Å². The van der Waals surface area contributed by atoms with Crippen molar-refractivity contribution in [2.45, 2.75) is 32.7 Å². The molecular weight excluding hydrogens is 208 g/mol. The van der Waals surface area contributed by atoms with E-state index in [2.05, 4.69) is 15.2 Å². The fourth-order valence-corrected chi connectivity index (χ4v) is 1.97.